The van der Waals surface area contributed by atoms with Crippen LogP contribution in [0.3, 0.4) is 0 Å². The van der Waals surface area contributed by atoms with Crippen molar-refractivity contribution in [2.24, 2.45) is 0 Å². The molecule has 0 fully saturated rings. The topological polar surface area (TPSA) is 56.8 Å². The molecule has 0 bridgehead atoms. The number of rotatable bonds is 4. The lowest BCUT2D eigenvalue weighted by Gasteiger charge is -2.15. The largest absolute Gasteiger partial charge is 0.481 e. The molecule has 0 spiro atoms. The molecule has 6 heteroatoms. The van der Waals surface area contributed by atoms with Crippen LogP contribution in [0.4, 0.5) is 5.69 Å². The fourth-order valence-corrected chi connectivity index (χ4v) is 2.39. The average Bonchev–Trinajstić information content (AvgIpc) is 2.94. The molecule has 5 nitrogen and oxygen atoms in total. The summed E-state index contributed by atoms with van der Waals surface area (Å²) in [6.45, 7) is 1.90. The van der Waals surface area contributed by atoms with E-state index < -0.39 is 6.10 Å². The minimum Gasteiger partial charge on any atom is -0.481 e. The fourth-order valence-electron chi connectivity index (χ4n) is 2.02. The van der Waals surface area contributed by atoms with Gasteiger partial charge < -0.3 is 19.5 Å². The van der Waals surface area contributed by atoms with Crippen LogP contribution in [0.5, 0.6) is 17.2 Å². The molecule has 0 saturated carbocycles. The first-order valence-corrected chi connectivity index (χ1v) is 7.54. The number of amides is 1. The molecule has 1 aliphatic rings. The number of carbonyl (C=O) groups excluding carboxylic acids is 1. The number of hydrogen-bond acceptors (Lipinski definition) is 4. The van der Waals surface area contributed by atoms with Crippen molar-refractivity contribution in [3.05, 3.63) is 46.9 Å². The van der Waals surface area contributed by atoms with Crippen LogP contribution in [0.25, 0.3) is 0 Å². The first-order valence-electron chi connectivity index (χ1n) is 6.74. The Morgan fingerprint density at radius 2 is 2.05 bits per heavy atom. The number of ether oxygens (including phenoxy) is 3. The summed E-state index contributed by atoms with van der Waals surface area (Å²) in [6, 6.07) is 12.6. The van der Waals surface area contributed by atoms with Gasteiger partial charge in [0.1, 0.15) is 5.75 Å². The lowest BCUT2D eigenvalue weighted by molar-refractivity contribution is -0.122. The standard InChI is InChI=1S/C16H14BrNO4/c1-10(22-13-4-2-3-11(17)7-13)16(19)18-12-5-6-14-15(8-12)21-9-20-14/h2-8,10H,9H2,1H3,(H,18,19)/t10-/m1/s1. The van der Waals surface area contributed by atoms with Gasteiger partial charge in [0.05, 0.1) is 0 Å². The summed E-state index contributed by atoms with van der Waals surface area (Å²) in [5.74, 6) is 1.69. The van der Waals surface area contributed by atoms with Gasteiger partial charge in [0.2, 0.25) is 6.79 Å². The van der Waals surface area contributed by atoms with E-state index in [1.54, 1.807) is 31.2 Å². The Balaban J connectivity index is 1.64. The molecule has 0 saturated heterocycles. The van der Waals surface area contributed by atoms with Crippen molar-refractivity contribution in [2.75, 3.05) is 12.1 Å². The van der Waals surface area contributed by atoms with Crippen LogP contribution in [0.15, 0.2) is 46.9 Å². The Bertz CT molecular complexity index is 704. The summed E-state index contributed by atoms with van der Waals surface area (Å²) < 4.78 is 17.0. The van der Waals surface area contributed by atoms with Crippen molar-refractivity contribution < 1.29 is 19.0 Å². The highest BCUT2D eigenvalue weighted by Gasteiger charge is 2.18. The van der Waals surface area contributed by atoms with Gasteiger partial charge in [-0.3, -0.25) is 4.79 Å². The molecule has 0 aliphatic carbocycles. The molecular weight excluding hydrogens is 350 g/mol. The number of fused-ring (bicyclic) bond motifs is 1. The molecule has 0 radical (unpaired) electrons. The third kappa shape index (κ3) is 3.33. The Morgan fingerprint density at radius 3 is 2.86 bits per heavy atom. The van der Waals surface area contributed by atoms with Gasteiger partial charge in [-0.05, 0) is 37.3 Å². The Kier molecular flexibility index (Phi) is 4.20. The minimum absolute atomic E-state index is 0.204. The number of carbonyl (C=O) groups is 1. The van der Waals surface area contributed by atoms with Crippen molar-refractivity contribution in [1.29, 1.82) is 0 Å². The molecule has 2 aromatic carbocycles. The van der Waals surface area contributed by atoms with Gasteiger partial charge in [-0.2, -0.15) is 0 Å². The van der Waals surface area contributed by atoms with E-state index >= 15 is 0 Å². The zero-order chi connectivity index (χ0) is 15.5. The van der Waals surface area contributed by atoms with E-state index in [0.29, 0.717) is 22.9 Å². The lowest BCUT2D eigenvalue weighted by Crippen LogP contribution is -2.30. The van der Waals surface area contributed by atoms with Gasteiger partial charge in [0, 0.05) is 16.2 Å². The van der Waals surface area contributed by atoms with Crippen molar-refractivity contribution >= 4 is 27.5 Å². The highest BCUT2D eigenvalue weighted by atomic mass is 79.9. The van der Waals surface area contributed by atoms with Gasteiger partial charge in [-0.1, -0.05) is 22.0 Å². The molecule has 1 N–H and O–H groups in total. The summed E-state index contributed by atoms with van der Waals surface area (Å²) >= 11 is 3.37. The van der Waals surface area contributed by atoms with Crippen LogP contribution in [0.1, 0.15) is 6.92 Å². The average molecular weight is 364 g/mol. The maximum absolute atomic E-state index is 12.2. The number of anilines is 1. The molecule has 22 heavy (non-hydrogen) atoms. The SMILES string of the molecule is C[C@@H](Oc1cccc(Br)c1)C(=O)Nc1ccc2c(c1)OCO2. The van der Waals surface area contributed by atoms with E-state index in [1.165, 1.54) is 0 Å². The monoisotopic (exact) mass is 363 g/mol. The number of benzene rings is 2. The molecule has 1 amide bonds. The van der Waals surface area contributed by atoms with Crippen LogP contribution < -0.4 is 19.5 Å². The van der Waals surface area contributed by atoms with Crippen LogP contribution in [0.2, 0.25) is 0 Å². The maximum Gasteiger partial charge on any atom is 0.265 e. The van der Waals surface area contributed by atoms with Crippen LogP contribution in [0, 0.1) is 0 Å². The molecule has 1 heterocycles. The van der Waals surface area contributed by atoms with E-state index in [2.05, 4.69) is 21.2 Å². The number of halogens is 1. The summed E-state index contributed by atoms with van der Waals surface area (Å²) in [5.41, 5.74) is 0.638. The van der Waals surface area contributed by atoms with Crippen molar-refractivity contribution in [1.82, 2.24) is 0 Å². The number of nitrogens with one attached hydrogen (secondary N) is 1. The zero-order valence-corrected chi connectivity index (χ0v) is 13.4. The summed E-state index contributed by atoms with van der Waals surface area (Å²) in [5, 5.41) is 2.80. The van der Waals surface area contributed by atoms with E-state index in [4.69, 9.17) is 14.2 Å². The highest BCUT2D eigenvalue weighted by molar-refractivity contribution is 9.10. The van der Waals surface area contributed by atoms with E-state index in [9.17, 15) is 4.79 Å². The second-order valence-corrected chi connectivity index (χ2v) is 5.69. The normalized spacial score (nSPS) is 13.5. The van der Waals surface area contributed by atoms with Gasteiger partial charge in [0.25, 0.3) is 5.91 Å². The van der Waals surface area contributed by atoms with Crippen LogP contribution in [-0.2, 0) is 4.79 Å². The molecule has 0 aromatic heterocycles. The Labute approximate surface area is 136 Å². The molecule has 1 atom stereocenters. The quantitative estimate of drug-likeness (QED) is 0.901. The Hall–Kier alpha value is -2.21. The first kappa shape index (κ1) is 14.7. The van der Waals surface area contributed by atoms with Crippen LogP contribution in [-0.4, -0.2) is 18.8 Å². The molecule has 2 aromatic rings. The zero-order valence-electron chi connectivity index (χ0n) is 11.8. The minimum atomic E-state index is -0.625. The predicted octanol–water partition coefficient (Wildman–Crippen LogP) is 3.58. The van der Waals surface area contributed by atoms with Gasteiger partial charge >= 0.3 is 0 Å². The van der Waals surface area contributed by atoms with Crippen molar-refractivity contribution in [3.63, 3.8) is 0 Å². The first-order chi connectivity index (χ1) is 10.6. The maximum atomic E-state index is 12.2. The van der Waals surface area contributed by atoms with Gasteiger partial charge in [0.15, 0.2) is 17.6 Å². The molecular formula is C16H14BrNO4. The van der Waals surface area contributed by atoms with E-state index in [1.807, 2.05) is 18.2 Å². The Morgan fingerprint density at radius 1 is 1.23 bits per heavy atom. The smallest absolute Gasteiger partial charge is 0.265 e. The van der Waals surface area contributed by atoms with E-state index in [-0.39, 0.29) is 12.7 Å². The van der Waals surface area contributed by atoms with Gasteiger partial charge in [-0.15, -0.1) is 0 Å². The van der Waals surface area contributed by atoms with Crippen molar-refractivity contribution in [2.45, 2.75) is 13.0 Å². The second kappa shape index (κ2) is 6.27. The molecule has 1 aliphatic heterocycles. The van der Waals surface area contributed by atoms with Crippen molar-refractivity contribution in [3.8, 4) is 17.2 Å². The second-order valence-electron chi connectivity index (χ2n) is 4.77. The lowest BCUT2D eigenvalue weighted by atomic mass is 10.2. The fraction of sp³-hybridized carbons (Fsp3) is 0.188. The third-order valence-corrected chi connectivity index (χ3v) is 3.61. The van der Waals surface area contributed by atoms with Gasteiger partial charge in [-0.25, -0.2) is 0 Å². The van der Waals surface area contributed by atoms with Crippen LogP contribution >= 0.6 is 15.9 Å². The molecule has 3 rings (SSSR count). The molecule has 0 unspecified atom stereocenters. The molecule has 114 valence electrons. The summed E-state index contributed by atoms with van der Waals surface area (Å²) in [7, 11) is 0. The third-order valence-electron chi connectivity index (χ3n) is 3.12. The summed E-state index contributed by atoms with van der Waals surface area (Å²) in [4.78, 5) is 12.2. The predicted molar refractivity (Wildman–Crippen MR) is 85.4 cm³/mol. The number of hydrogen-bond donors (Lipinski definition) is 1. The highest BCUT2D eigenvalue weighted by Crippen LogP contribution is 2.34. The summed E-state index contributed by atoms with van der Waals surface area (Å²) in [6.07, 6.45) is -0.625. The van der Waals surface area contributed by atoms with E-state index in [0.717, 1.165) is 4.47 Å².